The minimum absolute atomic E-state index is 0.218. The van der Waals surface area contributed by atoms with Gasteiger partial charge >= 0.3 is 0 Å². The minimum Gasteiger partial charge on any atom is -0.497 e. The van der Waals surface area contributed by atoms with E-state index in [1.807, 2.05) is 24.3 Å². The Bertz CT molecular complexity index is 824. The van der Waals surface area contributed by atoms with Crippen LogP contribution < -0.4 is 14.2 Å². The van der Waals surface area contributed by atoms with Crippen molar-refractivity contribution in [3.05, 3.63) is 59.4 Å². The Balaban J connectivity index is 1.33. The molecule has 0 aliphatic rings. The van der Waals surface area contributed by atoms with Gasteiger partial charge in [0.15, 0.2) is 6.61 Å². The van der Waals surface area contributed by atoms with Crippen molar-refractivity contribution in [2.24, 2.45) is 0 Å². The van der Waals surface area contributed by atoms with Gasteiger partial charge in [-0.15, -0.1) is 10.2 Å². The molecular formula is C19H19ClN2O4S. The molecule has 0 saturated heterocycles. The summed E-state index contributed by atoms with van der Waals surface area (Å²) in [5.74, 6) is 3.57. The largest absolute Gasteiger partial charge is 0.497 e. The molecule has 8 heteroatoms. The fraction of sp³-hybridized carbons (Fsp3) is 0.263. The van der Waals surface area contributed by atoms with E-state index in [4.69, 9.17) is 30.2 Å². The normalized spacial score (nSPS) is 10.6. The Kier molecular flexibility index (Phi) is 7.24. The van der Waals surface area contributed by atoms with E-state index in [2.05, 4.69) is 10.2 Å². The molecule has 0 fully saturated rings. The van der Waals surface area contributed by atoms with Crippen molar-refractivity contribution < 1.29 is 18.6 Å². The van der Waals surface area contributed by atoms with Crippen LogP contribution in [0, 0.1) is 0 Å². The maximum absolute atomic E-state index is 5.84. The first-order chi connectivity index (χ1) is 13.2. The topological polar surface area (TPSA) is 66.6 Å². The Hall–Kier alpha value is -2.38. The van der Waals surface area contributed by atoms with Crippen LogP contribution in [0.15, 0.2) is 58.2 Å². The van der Waals surface area contributed by atoms with E-state index in [-0.39, 0.29) is 6.61 Å². The van der Waals surface area contributed by atoms with Crippen molar-refractivity contribution in [3.63, 3.8) is 0 Å². The van der Waals surface area contributed by atoms with Crippen LogP contribution in [0.1, 0.15) is 12.3 Å². The average Bonchev–Trinajstić information content (AvgIpc) is 3.15. The molecule has 142 valence electrons. The molecule has 0 amide bonds. The first kappa shape index (κ1) is 19.4. The summed E-state index contributed by atoms with van der Waals surface area (Å²) in [4.78, 5) is 0. The summed E-state index contributed by atoms with van der Waals surface area (Å²) in [6.45, 7) is 0.829. The second kappa shape index (κ2) is 10.1. The number of thioether (sulfide) groups is 1. The molecular weight excluding hydrogens is 388 g/mol. The van der Waals surface area contributed by atoms with E-state index >= 15 is 0 Å². The molecule has 0 atom stereocenters. The third kappa shape index (κ3) is 6.37. The zero-order valence-corrected chi connectivity index (χ0v) is 16.3. The average molecular weight is 407 g/mol. The molecule has 3 aromatic rings. The first-order valence-electron chi connectivity index (χ1n) is 8.33. The number of rotatable bonds is 10. The smallest absolute Gasteiger partial charge is 0.276 e. The van der Waals surface area contributed by atoms with Gasteiger partial charge < -0.3 is 18.6 Å². The Morgan fingerprint density at radius 3 is 2.33 bits per heavy atom. The minimum atomic E-state index is 0.218. The molecule has 27 heavy (non-hydrogen) atoms. The van der Waals surface area contributed by atoms with Gasteiger partial charge in [-0.2, -0.15) is 0 Å². The second-order valence-corrected chi connectivity index (χ2v) is 6.91. The summed E-state index contributed by atoms with van der Waals surface area (Å²) < 4.78 is 21.9. The highest BCUT2D eigenvalue weighted by Gasteiger charge is 2.07. The first-order valence-corrected chi connectivity index (χ1v) is 9.70. The quantitative estimate of drug-likeness (QED) is 0.351. The number of hydrogen-bond donors (Lipinski definition) is 0. The van der Waals surface area contributed by atoms with E-state index in [1.54, 1.807) is 31.4 Å². The fourth-order valence-electron chi connectivity index (χ4n) is 2.11. The summed E-state index contributed by atoms with van der Waals surface area (Å²) in [6.07, 6.45) is 0.857. The zero-order valence-electron chi connectivity index (χ0n) is 14.8. The lowest BCUT2D eigenvalue weighted by atomic mass is 10.3. The maximum atomic E-state index is 5.84. The van der Waals surface area contributed by atoms with Crippen molar-refractivity contribution in [2.75, 3.05) is 19.5 Å². The SMILES string of the molecule is COc1ccc(OCCCSc2nnc(COc3ccc(Cl)cc3)o2)cc1. The highest BCUT2D eigenvalue weighted by molar-refractivity contribution is 7.99. The summed E-state index contributed by atoms with van der Waals surface area (Å²) >= 11 is 7.33. The van der Waals surface area contributed by atoms with Gasteiger partial charge in [-0.3, -0.25) is 0 Å². The van der Waals surface area contributed by atoms with E-state index in [9.17, 15) is 0 Å². The Labute approximate surface area is 166 Å². The zero-order chi connectivity index (χ0) is 18.9. The number of halogens is 1. The lowest BCUT2D eigenvalue weighted by Gasteiger charge is -2.06. The van der Waals surface area contributed by atoms with Crippen molar-refractivity contribution in [3.8, 4) is 17.2 Å². The molecule has 0 aliphatic carbocycles. The number of nitrogens with zero attached hydrogens (tertiary/aromatic N) is 2. The van der Waals surface area contributed by atoms with Gasteiger partial charge in [0.05, 0.1) is 13.7 Å². The van der Waals surface area contributed by atoms with Gasteiger partial charge in [-0.1, -0.05) is 23.4 Å². The molecule has 0 spiro atoms. The number of hydrogen-bond acceptors (Lipinski definition) is 7. The van der Waals surface area contributed by atoms with E-state index in [1.165, 1.54) is 11.8 Å². The molecule has 0 bridgehead atoms. The highest BCUT2D eigenvalue weighted by atomic mass is 35.5. The van der Waals surface area contributed by atoms with Crippen LogP contribution in [0.3, 0.4) is 0 Å². The van der Waals surface area contributed by atoms with Crippen LogP contribution in [0.2, 0.25) is 5.02 Å². The summed E-state index contributed by atoms with van der Waals surface area (Å²) in [7, 11) is 1.64. The number of benzene rings is 2. The maximum Gasteiger partial charge on any atom is 0.276 e. The molecule has 3 rings (SSSR count). The molecule has 1 heterocycles. The van der Waals surface area contributed by atoms with Crippen molar-refractivity contribution in [2.45, 2.75) is 18.3 Å². The predicted octanol–water partition coefficient (Wildman–Crippen LogP) is 4.87. The number of aromatic nitrogens is 2. The summed E-state index contributed by atoms with van der Waals surface area (Å²) in [5.41, 5.74) is 0. The lowest BCUT2D eigenvalue weighted by Crippen LogP contribution is -1.98. The van der Waals surface area contributed by atoms with Gasteiger partial charge in [0.25, 0.3) is 11.1 Å². The van der Waals surface area contributed by atoms with E-state index in [0.29, 0.717) is 28.5 Å². The third-order valence-corrected chi connectivity index (χ3v) is 4.62. The van der Waals surface area contributed by atoms with Crippen molar-refractivity contribution in [1.82, 2.24) is 10.2 Å². The number of ether oxygens (including phenoxy) is 3. The highest BCUT2D eigenvalue weighted by Crippen LogP contribution is 2.20. The van der Waals surface area contributed by atoms with Crippen LogP contribution in [0.5, 0.6) is 17.2 Å². The van der Waals surface area contributed by atoms with E-state index < -0.39 is 0 Å². The molecule has 0 aliphatic heterocycles. The second-order valence-electron chi connectivity index (χ2n) is 5.43. The molecule has 0 radical (unpaired) electrons. The monoisotopic (exact) mass is 406 g/mol. The van der Waals surface area contributed by atoms with E-state index in [0.717, 1.165) is 23.7 Å². The molecule has 2 aromatic carbocycles. The fourth-order valence-corrected chi connectivity index (χ4v) is 2.93. The van der Waals surface area contributed by atoms with Crippen LogP contribution in [-0.2, 0) is 6.61 Å². The van der Waals surface area contributed by atoms with Crippen LogP contribution in [0.25, 0.3) is 0 Å². The molecule has 0 saturated carbocycles. The summed E-state index contributed by atoms with van der Waals surface area (Å²) in [6, 6.07) is 14.6. The van der Waals surface area contributed by atoms with Gasteiger partial charge in [0, 0.05) is 10.8 Å². The van der Waals surface area contributed by atoms with Crippen LogP contribution >= 0.6 is 23.4 Å². The molecule has 0 N–H and O–H groups in total. The number of methoxy groups -OCH3 is 1. The Morgan fingerprint density at radius 1 is 0.926 bits per heavy atom. The van der Waals surface area contributed by atoms with Gasteiger partial charge in [-0.05, 0) is 55.0 Å². The van der Waals surface area contributed by atoms with Gasteiger partial charge in [-0.25, -0.2) is 0 Å². The Morgan fingerprint density at radius 2 is 1.59 bits per heavy atom. The third-order valence-electron chi connectivity index (χ3n) is 3.47. The lowest BCUT2D eigenvalue weighted by molar-refractivity contribution is 0.252. The van der Waals surface area contributed by atoms with Gasteiger partial charge in [0.2, 0.25) is 0 Å². The molecule has 1 aromatic heterocycles. The summed E-state index contributed by atoms with van der Waals surface area (Å²) in [5, 5.41) is 9.17. The molecule has 6 nitrogen and oxygen atoms in total. The van der Waals surface area contributed by atoms with Crippen LogP contribution in [-0.4, -0.2) is 29.7 Å². The van der Waals surface area contributed by atoms with Crippen molar-refractivity contribution in [1.29, 1.82) is 0 Å². The van der Waals surface area contributed by atoms with Crippen LogP contribution in [0.4, 0.5) is 0 Å². The standard InChI is InChI=1S/C19H19ClN2O4S/c1-23-15-7-9-16(10-8-15)24-11-2-12-27-19-22-21-18(26-19)13-25-17-5-3-14(20)4-6-17/h3-10H,2,11-13H2,1H3. The predicted molar refractivity (Wildman–Crippen MR) is 104 cm³/mol. The van der Waals surface area contributed by atoms with Gasteiger partial charge in [0.1, 0.15) is 17.2 Å². The molecule has 0 unspecified atom stereocenters. The van der Waals surface area contributed by atoms with Crippen molar-refractivity contribution >= 4 is 23.4 Å².